The molecule has 3 heterocycles. The second kappa shape index (κ2) is 8.34. The number of ether oxygens (including phenoxy) is 2. The van der Waals surface area contributed by atoms with Crippen LogP contribution in [0, 0.1) is 0 Å². The lowest BCUT2D eigenvalue weighted by Crippen LogP contribution is -2.22. The minimum Gasteiger partial charge on any atom is -0.415 e. The van der Waals surface area contributed by atoms with Crippen molar-refractivity contribution in [1.82, 2.24) is 13.9 Å². The van der Waals surface area contributed by atoms with Gasteiger partial charge < -0.3 is 9.47 Å². The van der Waals surface area contributed by atoms with Crippen LogP contribution in [-0.2, 0) is 11.5 Å². The number of hydrogen-bond donors (Lipinski definition) is 0. The second-order valence-corrected chi connectivity index (χ2v) is 14.2. The van der Waals surface area contributed by atoms with Crippen LogP contribution in [0.1, 0.15) is 0 Å². The lowest BCUT2D eigenvalue weighted by Gasteiger charge is -2.16. The molecule has 0 aliphatic rings. The highest BCUT2D eigenvalue weighted by Crippen LogP contribution is 2.42. The van der Waals surface area contributed by atoms with E-state index >= 15 is 0 Å². The standard InChI is InChI=1S/C17H20BrF2N3O2SSi/c1-27(2,3)8-7-24-10-23-14(18)13(11-5-4-6-21-15(11)23)12-9-26-22-16(12)25-17(19)20/h4-6,9,17H,7-8,10H2,1-3H3. The predicted molar refractivity (Wildman–Crippen MR) is 109 cm³/mol. The summed E-state index contributed by atoms with van der Waals surface area (Å²) in [6.45, 7) is 4.95. The highest BCUT2D eigenvalue weighted by molar-refractivity contribution is 9.10. The highest BCUT2D eigenvalue weighted by Gasteiger charge is 2.23. The molecule has 0 aliphatic heterocycles. The van der Waals surface area contributed by atoms with E-state index in [9.17, 15) is 8.78 Å². The molecule has 3 aromatic heterocycles. The minimum atomic E-state index is -2.93. The Hall–Kier alpha value is -1.36. The summed E-state index contributed by atoms with van der Waals surface area (Å²) in [5.41, 5.74) is 1.93. The van der Waals surface area contributed by atoms with E-state index in [0.717, 1.165) is 28.5 Å². The summed E-state index contributed by atoms with van der Waals surface area (Å²) in [7, 11) is -1.18. The SMILES string of the molecule is C[Si](C)(C)CCOCn1c(Br)c(-c2csnc2OC(F)F)c2cccnc21. The van der Waals surface area contributed by atoms with E-state index in [-0.39, 0.29) is 5.88 Å². The van der Waals surface area contributed by atoms with E-state index in [1.807, 2.05) is 16.7 Å². The molecule has 0 saturated heterocycles. The Kier molecular flexibility index (Phi) is 6.29. The van der Waals surface area contributed by atoms with Crippen LogP contribution < -0.4 is 4.74 Å². The first-order chi connectivity index (χ1) is 12.8. The summed E-state index contributed by atoms with van der Waals surface area (Å²) < 4.78 is 42.4. The molecule has 0 fully saturated rings. The van der Waals surface area contributed by atoms with Crippen molar-refractivity contribution in [2.24, 2.45) is 0 Å². The van der Waals surface area contributed by atoms with E-state index < -0.39 is 14.7 Å². The van der Waals surface area contributed by atoms with E-state index in [2.05, 4.69) is 49.7 Å². The Balaban J connectivity index is 1.96. The predicted octanol–water partition coefficient (Wildman–Crippen LogP) is 5.84. The summed E-state index contributed by atoms with van der Waals surface area (Å²) in [6.07, 6.45) is 1.69. The van der Waals surface area contributed by atoms with Gasteiger partial charge in [-0.2, -0.15) is 13.2 Å². The Labute approximate surface area is 169 Å². The number of alkyl halides is 2. The van der Waals surface area contributed by atoms with Crippen LogP contribution >= 0.6 is 27.5 Å². The van der Waals surface area contributed by atoms with E-state index in [1.165, 1.54) is 0 Å². The van der Waals surface area contributed by atoms with Crippen LogP contribution in [0.3, 0.4) is 0 Å². The van der Waals surface area contributed by atoms with Gasteiger partial charge in [-0.25, -0.2) is 4.98 Å². The lowest BCUT2D eigenvalue weighted by atomic mass is 10.1. The zero-order chi connectivity index (χ0) is 19.6. The normalized spacial score (nSPS) is 12.3. The average molecular weight is 476 g/mol. The van der Waals surface area contributed by atoms with Gasteiger partial charge in [-0.1, -0.05) is 19.6 Å². The largest absolute Gasteiger partial charge is 0.415 e. The maximum Gasteiger partial charge on any atom is 0.388 e. The molecule has 0 radical (unpaired) electrons. The number of hydrogen-bond acceptors (Lipinski definition) is 5. The number of nitrogens with zero attached hydrogens (tertiary/aromatic N) is 3. The Morgan fingerprint density at radius 2 is 2.11 bits per heavy atom. The quantitative estimate of drug-likeness (QED) is 0.303. The van der Waals surface area contributed by atoms with Crippen molar-refractivity contribution in [3.8, 4) is 17.0 Å². The van der Waals surface area contributed by atoms with Crippen LogP contribution in [0.2, 0.25) is 25.7 Å². The number of fused-ring (bicyclic) bond motifs is 1. The molecule has 0 atom stereocenters. The number of pyridine rings is 1. The van der Waals surface area contributed by atoms with Gasteiger partial charge in [0.05, 0.1) is 10.2 Å². The van der Waals surface area contributed by atoms with Crippen LogP contribution in [0.15, 0.2) is 28.3 Å². The Morgan fingerprint density at radius 1 is 1.33 bits per heavy atom. The Bertz CT molecular complexity index is 927. The summed E-state index contributed by atoms with van der Waals surface area (Å²) in [5, 5.41) is 2.51. The third-order valence-corrected chi connectivity index (χ3v) is 7.12. The number of aromatic nitrogens is 3. The van der Waals surface area contributed by atoms with Gasteiger partial charge >= 0.3 is 6.61 Å². The molecule has 146 valence electrons. The fourth-order valence-corrected chi connectivity index (χ4v) is 4.68. The van der Waals surface area contributed by atoms with Gasteiger partial charge in [0.25, 0.3) is 0 Å². The summed E-state index contributed by atoms with van der Waals surface area (Å²) in [6, 6.07) is 4.76. The fraction of sp³-hybridized carbons (Fsp3) is 0.412. The molecule has 0 bridgehead atoms. The number of rotatable bonds is 8. The summed E-state index contributed by atoms with van der Waals surface area (Å²) >= 11 is 4.66. The molecule has 0 unspecified atom stereocenters. The molecule has 0 aromatic carbocycles. The molecular formula is C17H20BrF2N3O2SSi. The van der Waals surface area contributed by atoms with E-state index in [1.54, 1.807) is 11.6 Å². The molecule has 10 heteroatoms. The molecule has 27 heavy (non-hydrogen) atoms. The first-order valence-corrected chi connectivity index (χ1v) is 13.7. The average Bonchev–Trinajstić information content (AvgIpc) is 3.12. The molecule has 0 aliphatic carbocycles. The van der Waals surface area contributed by atoms with Gasteiger partial charge in [-0.3, -0.25) is 4.57 Å². The lowest BCUT2D eigenvalue weighted by molar-refractivity contribution is -0.0518. The Morgan fingerprint density at radius 3 is 2.81 bits per heavy atom. The van der Waals surface area contributed by atoms with Crippen molar-refractivity contribution < 1.29 is 18.3 Å². The third-order valence-electron chi connectivity index (χ3n) is 3.98. The maximum absolute atomic E-state index is 12.7. The summed E-state index contributed by atoms with van der Waals surface area (Å²) in [5.74, 6) is -0.0849. The van der Waals surface area contributed by atoms with Crippen molar-refractivity contribution in [3.63, 3.8) is 0 Å². The summed E-state index contributed by atoms with van der Waals surface area (Å²) in [4.78, 5) is 4.45. The van der Waals surface area contributed by atoms with Crippen molar-refractivity contribution in [2.45, 2.75) is 39.0 Å². The third kappa shape index (κ3) is 4.73. The topological polar surface area (TPSA) is 49.2 Å². The van der Waals surface area contributed by atoms with Crippen LogP contribution in [0.25, 0.3) is 22.2 Å². The first-order valence-electron chi connectivity index (χ1n) is 8.38. The zero-order valence-corrected chi connectivity index (χ0v) is 18.6. The van der Waals surface area contributed by atoms with Crippen molar-refractivity contribution in [3.05, 3.63) is 28.3 Å². The van der Waals surface area contributed by atoms with Crippen molar-refractivity contribution in [1.29, 1.82) is 0 Å². The molecule has 0 spiro atoms. The van der Waals surface area contributed by atoms with Gasteiger partial charge in [-0.15, -0.1) is 0 Å². The minimum absolute atomic E-state index is 0.0849. The van der Waals surface area contributed by atoms with Crippen LogP contribution in [0.4, 0.5) is 8.78 Å². The van der Waals surface area contributed by atoms with Crippen LogP contribution in [0.5, 0.6) is 5.88 Å². The van der Waals surface area contributed by atoms with Crippen molar-refractivity contribution in [2.75, 3.05) is 6.61 Å². The van der Waals surface area contributed by atoms with Gasteiger partial charge in [0, 0.05) is 37.2 Å². The smallest absolute Gasteiger partial charge is 0.388 e. The number of halogens is 3. The fourth-order valence-electron chi connectivity index (χ4n) is 2.62. The van der Waals surface area contributed by atoms with E-state index in [4.69, 9.17) is 4.74 Å². The molecule has 0 amide bonds. The molecular weight excluding hydrogens is 456 g/mol. The maximum atomic E-state index is 12.7. The molecule has 0 saturated carbocycles. The molecule has 3 aromatic rings. The molecule has 3 rings (SSSR count). The first kappa shape index (κ1) is 20.4. The zero-order valence-electron chi connectivity index (χ0n) is 15.2. The van der Waals surface area contributed by atoms with Crippen molar-refractivity contribution >= 4 is 46.6 Å². The second-order valence-electron chi connectivity index (χ2n) is 7.23. The van der Waals surface area contributed by atoms with E-state index in [0.29, 0.717) is 29.2 Å². The van der Waals surface area contributed by atoms with Gasteiger partial charge in [-0.05, 0) is 45.6 Å². The monoisotopic (exact) mass is 475 g/mol. The molecule has 5 nitrogen and oxygen atoms in total. The van der Waals surface area contributed by atoms with Gasteiger partial charge in [0.1, 0.15) is 12.4 Å². The van der Waals surface area contributed by atoms with Gasteiger partial charge in [0.2, 0.25) is 5.88 Å². The van der Waals surface area contributed by atoms with Crippen LogP contribution in [-0.4, -0.2) is 35.2 Å². The van der Waals surface area contributed by atoms with Gasteiger partial charge in [0.15, 0.2) is 0 Å². The highest BCUT2D eigenvalue weighted by atomic mass is 79.9. The molecule has 0 N–H and O–H groups in total.